The number of aromatic nitrogens is 1. The van der Waals surface area contributed by atoms with E-state index in [0.29, 0.717) is 61.5 Å². The molecule has 2 aliphatic heterocycles. The van der Waals surface area contributed by atoms with Gasteiger partial charge in [0.2, 0.25) is 5.91 Å². The molecular weight excluding hydrogens is 606 g/mol. The van der Waals surface area contributed by atoms with Gasteiger partial charge in [0.25, 0.3) is 10.0 Å². The summed E-state index contributed by atoms with van der Waals surface area (Å²) in [7, 11) is -3.79. The van der Waals surface area contributed by atoms with Crippen LogP contribution >= 0.6 is 22.7 Å². The molecule has 1 aromatic carbocycles. The number of thiazole rings is 1. The molecular formula is C27H30FN5O6S3. The van der Waals surface area contributed by atoms with Gasteiger partial charge in [0.15, 0.2) is 14.4 Å². The van der Waals surface area contributed by atoms with Crippen LogP contribution in [0.15, 0.2) is 39.9 Å². The van der Waals surface area contributed by atoms with Gasteiger partial charge in [-0.05, 0) is 60.4 Å². The Kier molecular flexibility index (Phi) is 7.95. The van der Waals surface area contributed by atoms with Crippen LogP contribution in [-0.2, 0) is 19.6 Å². The highest BCUT2D eigenvalue weighted by Gasteiger charge is 2.59. The van der Waals surface area contributed by atoms with Crippen LogP contribution < -0.4 is 19.9 Å². The molecule has 4 heterocycles. The van der Waals surface area contributed by atoms with Gasteiger partial charge in [-0.3, -0.25) is 9.69 Å². The molecule has 0 radical (unpaired) electrons. The smallest absolute Gasteiger partial charge is 0.399 e. The van der Waals surface area contributed by atoms with Gasteiger partial charge in [-0.25, -0.2) is 22.6 Å². The summed E-state index contributed by atoms with van der Waals surface area (Å²) in [6, 6.07) is 8.22. The maximum absolute atomic E-state index is 15.3. The summed E-state index contributed by atoms with van der Waals surface area (Å²) < 4.78 is 54.6. The Hall–Kier alpha value is -3.11. The summed E-state index contributed by atoms with van der Waals surface area (Å²) >= 11 is 2.22. The first-order valence-electron chi connectivity index (χ1n) is 13.5. The van der Waals surface area contributed by atoms with E-state index in [1.165, 1.54) is 33.5 Å². The van der Waals surface area contributed by atoms with Crippen molar-refractivity contribution >= 4 is 61.2 Å². The number of nitrogens with zero attached hydrogens (tertiary/aromatic N) is 4. The topological polar surface area (TPSA) is 121 Å². The lowest BCUT2D eigenvalue weighted by Crippen LogP contribution is -2.38. The van der Waals surface area contributed by atoms with E-state index in [2.05, 4.69) is 10.3 Å². The third-order valence-corrected chi connectivity index (χ3v) is 12.1. The van der Waals surface area contributed by atoms with E-state index in [1.807, 2.05) is 4.90 Å². The Bertz CT molecular complexity index is 1580. The lowest BCUT2D eigenvalue weighted by molar-refractivity contribution is -0.114. The normalized spacial score (nSPS) is 22.1. The fourth-order valence-electron chi connectivity index (χ4n) is 5.70. The van der Waals surface area contributed by atoms with Crippen LogP contribution in [0.3, 0.4) is 0 Å². The van der Waals surface area contributed by atoms with Crippen LogP contribution in [0, 0.1) is 30.5 Å². The zero-order valence-corrected chi connectivity index (χ0v) is 25.4. The first-order valence-corrected chi connectivity index (χ1v) is 16.7. The maximum Gasteiger partial charge on any atom is 0.420 e. The number of benzene rings is 1. The van der Waals surface area contributed by atoms with E-state index in [1.54, 1.807) is 36.6 Å². The number of aryl methyl sites for hydroxylation is 1. The number of carbonyl (C=O) groups is 2. The van der Waals surface area contributed by atoms with Gasteiger partial charge >= 0.3 is 6.09 Å². The number of nitrogens with one attached hydrogen (secondary N) is 1. The van der Waals surface area contributed by atoms with Crippen LogP contribution in [0.25, 0.3) is 0 Å². The molecule has 3 aromatic rings. The molecule has 3 fully saturated rings. The van der Waals surface area contributed by atoms with Crippen LogP contribution in [0.1, 0.15) is 12.6 Å². The molecule has 3 aliphatic rings. The van der Waals surface area contributed by atoms with Gasteiger partial charge in [0.1, 0.15) is 5.82 Å². The molecule has 1 saturated carbocycles. The van der Waals surface area contributed by atoms with Crippen molar-refractivity contribution in [3.8, 4) is 5.06 Å². The molecule has 2 atom stereocenters. The summed E-state index contributed by atoms with van der Waals surface area (Å²) in [6.07, 6.45) is -0.615. The second-order valence-electron chi connectivity index (χ2n) is 10.5. The minimum absolute atomic E-state index is 0.0341. The van der Waals surface area contributed by atoms with Gasteiger partial charge in [-0.15, -0.1) is 11.3 Å². The van der Waals surface area contributed by atoms with Crippen molar-refractivity contribution in [1.29, 1.82) is 0 Å². The Balaban J connectivity index is 1.17. The average Bonchev–Trinajstić information content (AvgIpc) is 3.41. The summed E-state index contributed by atoms with van der Waals surface area (Å²) in [6.45, 7) is 6.05. The minimum atomic E-state index is -3.79. The lowest BCUT2D eigenvalue weighted by Gasteiger charge is -2.30. The fraction of sp³-hybridized carbons (Fsp3) is 0.444. The molecule has 2 saturated heterocycles. The number of thiophene rings is 1. The van der Waals surface area contributed by atoms with Crippen molar-refractivity contribution in [2.75, 3.05) is 61.1 Å². The Morgan fingerprint density at radius 1 is 1.21 bits per heavy atom. The summed E-state index contributed by atoms with van der Waals surface area (Å²) in [5.41, 5.74) is 1.18. The minimum Gasteiger partial charge on any atom is -0.399 e. The maximum atomic E-state index is 15.3. The number of fused-ring (bicyclic) bond motifs is 1. The first kappa shape index (κ1) is 29.0. The zero-order valence-electron chi connectivity index (χ0n) is 23.0. The van der Waals surface area contributed by atoms with Crippen molar-refractivity contribution in [3.63, 3.8) is 0 Å². The third-order valence-electron chi connectivity index (χ3n) is 7.84. The first-order chi connectivity index (χ1) is 20.1. The van der Waals surface area contributed by atoms with E-state index in [9.17, 15) is 18.0 Å². The number of amides is 2. The highest BCUT2D eigenvalue weighted by atomic mass is 32.2. The van der Waals surface area contributed by atoms with Crippen molar-refractivity contribution in [2.45, 2.75) is 18.1 Å². The summed E-state index contributed by atoms with van der Waals surface area (Å²) in [5.74, 6) is -0.618. The SMILES string of the molecule is CC(=O)Nc1nc(C)c(S(=O)(=O)N2CC3C(CN(C(=O)Oc4cccs4)c4ccc(N5CCOCC5)c(F)c4)C3C2)s1. The van der Waals surface area contributed by atoms with Crippen molar-refractivity contribution in [2.24, 2.45) is 17.8 Å². The van der Waals surface area contributed by atoms with Gasteiger partial charge < -0.3 is 19.7 Å². The van der Waals surface area contributed by atoms with Gasteiger partial charge in [0.05, 0.1) is 30.3 Å². The second-order valence-corrected chi connectivity index (χ2v) is 14.6. The fourth-order valence-corrected chi connectivity index (χ4v) is 9.38. The number of carbonyl (C=O) groups excluding carboxylic acids is 2. The predicted octanol–water partition coefficient (Wildman–Crippen LogP) is 4.02. The molecule has 42 heavy (non-hydrogen) atoms. The number of ether oxygens (including phenoxy) is 2. The highest BCUT2D eigenvalue weighted by Crippen LogP contribution is 2.54. The largest absolute Gasteiger partial charge is 0.420 e. The molecule has 1 aliphatic carbocycles. The molecule has 0 spiro atoms. The Labute approximate surface area is 250 Å². The van der Waals surface area contributed by atoms with Gasteiger partial charge in [-0.1, -0.05) is 11.3 Å². The van der Waals surface area contributed by atoms with Gasteiger partial charge in [0, 0.05) is 39.6 Å². The number of hydrogen-bond donors (Lipinski definition) is 1. The molecule has 2 aromatic heterocycles. The van der Waals surface area contributed by atoms with Crippen molar-refractivity contribution in [3.05, 3.63) is 47.2 Å². The molecule has 15 heteroatoms. The van der Waals surface area contributed by atoms with E-state index in [-0.39, 0.29) is 39.5 Å². The lowest BCUT2D eigenvalue weighted by atomic mass is 10.2. The quantitative estimate of drug-likeness (QED) is 0.394. The molecule has 11 nitrogen and oxygen atoms in total. The number of hydrogen-bond acceptors (Lipinski definition) is 10. The van der Waals surface area contributed by atoms with Crippen LogP contribution in [0.2, 0.25) is 0 Å². The standard InChI is InChI=1S/C27H30FN5O6S3/c1-16-25(41-26(29-16)30-17(2)34)42(36,37)32-13-19-20(14-32)21(19)15-33(27(35)39-24-4-3-11-40-24)18-5-6-23(22(28)12-18)31-7-9-38-10-8-31/h3-6,11-12,19-21H,7-10,13-15H2,1-2H3,(H,29,30,34). The van der Waals surface area contributed by atoms with E-state index in [0.717, 1.165) is 11.3 Å². The average molecular weight is 636 g/mol. The number of sulfonamides is 1. The molecule has 6 rings (SSSR count). The van der Waals surface area contributed by atoms with Crippen LogP contribution in [-0.4, -0.2) is 75.6 Å². The third kappa shape index (κ3) is 5.75. The Morgan fingerprint density at radius 2 is 1.95 bits per heavy atom. The van der Waals surface area contributed by atoms with Crippen molar-refractivity contribution < 1.29 is 31.9 Å². The van der Waals surface area contributed by atoms with E-state index >= 15 is 4.39 Å². The zero-order chi connectivity index (χ0) is 29.6. The highest BCUT2D eigenvalue weighted by molar-refractivity contribution is 7.91. The number of halogens is 1. The Morgan fingerprint density at radius 3 is 2.60 bits per heavy atom. The molecule has 224 valence electrons. The molecule has 2 amide bonds. The molecule has 0 bridgehead atoms. The molecule has 1 N–H and O–H groups in total. The second kappa shape index (κ2) is 11.5. The van der Waals surface area contributed by atoms with Crippen molar-refractivity contribution in [1.82, 2.24) is 9.29 Å². The number of rotatable bonds is 8. The van der Waals surface area contributed by atoms with E-state index < -0.39 is 21.9 Å². The van der Waals surface area contributed by atoms with Crippen LogP contribution in [0.5, 0.6) is 5.06 Å². The van der Waals surface area contributed by atoms with E-state index in [4.69, 9.17) is 9.47 Å². The summed E-state index contributed by atoms with van der Waals surface area (Å²) in [4.78, 5) is 32.3. The number of anilines is 3. The number of morpholine rings is 1. The monoisotopic (exact) mass is 635 g/mol. The van der Waals surface area contributed by atoms with Crippen LogP contribution in [0.4, 0.5) is 25.7 Å². The molecule has 2 unspecified atom stereocenters. The van der Waals surface area contributed by atoms with Gasteiger partial charge in [-0.2, -0.15) is 4.31 Å². The predicted molar refractivity (Wildman–Crippen MR) is 158 cm³/mol. The number of piperidine rings is 1. The summed E-state index contributed by atoms with van der Waals surface area (Å²) in [5, 5.41) is 5.02.